The molecule has 0 saturated heterocycles. The molecule has 1 heteroatoms. The van der Waals surface area contributed by atoms with E-state index >= 15 is 0 Å². The van der Waals surface area contributed by atoms with Crippen LogP contribution in [0.2, 0.25) is 0 Å². The Morgan fingerprint density at radius 3 is 2.58 bits per heavy atom. The first-order valence-corrected chi connectivity index (χ1v) is 5.54. The Hall–Kier alpha value is -0.0400. The van der Waals surface area contributed by atoms with Gasteiger partial charge in [-0.25, -0.2) is 0 Å². The lowest BCUT2D eigenvalue weighted by molar-refractivity contribution is 0.237. The lowest BCUT2D eigenvalue weighted by Crippen LogP contribution is -2.16. The van der Waals surface area contributed by atoms with Crippen molar-refractivity contribution in [2.45, 2.75) is 51.9 Å². The van der Waals surface area contributed by atoms with Crippen LogP contribution < -0.4 is 5.73 Å². The van der Waals surface area contributed by atoms with Gasteiger partial charge in [-0.1, -0.05) is 45.4 Å². The number of hydrogen-bond donors (Lipinski definition) is 1. The molecule has 1 aliphatic rings. The minimum absolute atomic E-state index is 0.876. The quantitative estimate of drug-likeness (QED) is 0.643. The van der Waals surface area contributed by atoms with Crippen LogP contribution in [0.25, 0.3) is 0 Å². The summed E-state index contributed by atoms with van der Waals surface area (Å²) in [7, 11) is 0. The van der Waals surface area contributed by atoms with E-state index < -0.39 is 0 Å². The number of rotatable bonds is 4. The van der Waals surface area contributed by atoms with E-state index in [2.05, 4.69) is 6.92 Å². The minimum atomic E-state index is 0.876. The Bertz CT molecular complexity index is 112. The van der Waals surface area contributed by atoms with Gasteiger partial charge in [0.05, 0.1) is 0 Å². The average molecular weight is 169 g/mol. The van der Waals surface area contributed by atoms with Gasteiger partial charge in [0.15, 0.2) is 0 Å². The largest absolute Gasteiger partial charge is 0.330 e. The molecular weight excluding hydrogens is 146 g/mol. The normalized spacial score (nSPS) is 30.5. The zero-order valence-electron chi connectivity index (χ0n) is 8.39. The second-order valence-electron chi connectivity index (χ2n) is 4.31. The van der Waals surface area contributed by atoms with Crippen LogP contribution in [-0.4, -0.2) is 6.54 Å². The van der Waals surface area contributed by atoms with Crippen molar-refractivity contribution in [2.24, 2.45) is 17.6 Å². The summed E-state index contributed by atoms with van der Waals surface area (Å²) in [6, 6.07) is 0. The molecule has 0 aromatic carbocycles. The van der Waals surface area contributed by atoms with Crippen LogP contribution in [0.3, 0.4) is 0 Å². The monoisotopic (exact) mass is 169 g/mol. The Labute approximate surface area is 76.7 Å². The molecule has 1 saturated carbocycles. The fraction of sp³-hybridized carbons (Fsp3) is 1.00. The molecule has 0 aromatic rings. The van der Waals surface area contributed by atoms with Crippen LogP contribution in [0.4, 0.5) is 0 Å². The lowest BCUT2D eigenvalue weighted by atomic mass is 9.78. The molecule has 0 radical (unpaired) electrons. The average Bonchev–Trinajstić information content (AvgIpc) is 2.09. The highest BCUT2D eigenvalue weighted by atomic mass is 14.5. The Morgan fingerprint density at radius 1 is 1.17 bits per heavy atom. The van der Waals surface area contributed by atoms with Crippen LogP contribution in [-0.2, 0) is 0 Å². The van der Waals surface area contributed by atoms with Gasteiger partial charge in [-0.15, -0.1) is 0 Å². The second kappa shape index (κ2) is 5.58. The van der Waals surface area contributed by atoms with Crippen LogP contribution in [0.5, 0.6) is 0 Å². The van der Waals surface area contributed by atoms with Gasteiger partial charge in [0.1, 0.15) is 0 Å². The molecule has 2 N–H and O–H groups in total. The van der Waals surface area contributed by atoms with Crippen molar-refractivity contribution in [3.05, 3.63) is 0 Å². The summed E-state index contributed by atoms with van der Waals surface area (Å²) in [5.74, 6) is 2.00. The molecule has 2 atom stereocenters. The van der Waals surface area contributed by atoms with Crippen LogP contribution in [0, 0.1) is 11.8 Å². The highest BCUT2D eigenvalue weighted by Gasteiger charge is 2.20. The summed E-state index contributed by atoms with van der Waals surface area (Å²) in [6.07, 6.45) is 9.89. The number of hydrogen-bond acceptors (Lipinski definition) is 1. The van der Waals surface area contributed by atoms with E-state index in [1.54, 1.807) is 0 Å². The highest BCUT2D eigenvalue weighted by molar-refractivity contribution is 4.72. The molecule has 0 spiro atoms. The van der Waals surface area contributed by atoms with Crippen LogP contribution in [0.1, 0.15) is 51.9 Å². The van der Waals surface area contributed by atoms with E-state index in [9.17, 15) is 0 Å². The fourth-order valence-electron chi connectivity index (χ4n) is 2.37. The van der Waals surface area contributed by atoms with Gasteiger partial charge in [0.25, 0.3) is 0 Å². The Morgan fingerprint density at radius 2 is 1.92 bits per heavy atom. The van der Waals surface area contributed by atoms with Gasteiger partial charge in [-0.2, -0.15) is 0 Å². The van der Waals surface area contributed by atoms with E-state index in [4.69, 9.17) is 5.73 Å². The van der Waals surface area contributed by atoms with Crippen molar-refractivity contribution in [3.8, 4) is 0 Å². The molecule has 12 heavy (non-hydrogen) atoms. The minimum Gasteiger partial charge on any atom is -0.330 e. The van der Waals surface area contributed by atoms with Gasteiger partial charge in [-0.05, 0) is 24.8 Å². The van der Waals surface area contributed by atoms with Crippen molar-refractivity contribution >= 4 is 0 Å². The summed E-state index contributed by atoms with van der Waals surface area (Å²) in [5, 5.41) is 0. The molecule has 0 amide bonds. The second-order valence-corrected chi connectivity index (χ2v) is 4.31. The molecule has 72 valence electrons. The Kier molecular flexibility index (Phi) is 4.67. The smallest absolute Gasteiger partial charge is 0.00773 e. The summed E-state index contributed by atoms with van der Waals surface area (Å²) < 4.78 is 0. The van der Waals surface area contributed by atoms with Crippen molar-refractivity contribution in [1.82, 2.24) is 0 Å². The zero-order valence-corrected chi connectivity index (χ0v) is 8.39. The van der Waals surface area contributed by atoms with Gasteiger partial charge >= 0.3 is 0 Å². The summed E-state index contributed by atoms with van der Waals surface area (Å²) >= 11 is 0. The Balaban J connectivity index is 2.11. The van der Waals surface area contributed by atoms with Crippen LogP contribution in [0.15, 0.2) is 0 Å². The fourth-order valence-corrected chi connectivity index (χ4v) is 2.37. The van der Waals surface area contributed by atoms with Crippen LogP contribution >= 0.6 is 0 Å². The van der Waals surface area contributed by atoms with Gasteiger partial charge in [-0.3, -0.25) is 0 Å². The third-order valence-corrected chi connectivity index (χ3v) is 3.32. The van der Waals surface area contributed by atoms with Gasteiger partial charge in [0, 0.05) is 0 Å². The molecule has 1 fully saturated rings. The van der Waals surface area contributed by atoms with E-state index in [1.165, 1.54) is 44.9 Å². The van der Waals surface area contributed by atoms with Crippen molar-refractivity contribution in [2.75, 3.05) is 6.54 Å². The molecule has 1 rings (SSSR count). The number of nitrogens with two attached hydrogens (primary N) is 1. The SMILES string of the molecule is CC1CCCCC1CCCCN. The maximum absolute atomic E-state index is 5.48. The molecule has 0 aliphatic heterocycles. The molecule has 0 aromatic heterocycles. The first-order chi connectivity index (χ1) is 5.84. The highest BCUT2D eigenvalue weighted by Crippen LogP contribution is 2.32. The topological polar surface area (TPSA) is 26.0 Å². The third kappa shape index (κ3) is 3.14. The first-order valence-electron chi connectivity index (χ1n) is 5.54. The standard InChI is InChI=1S/C11H23N/c1-10-6-2-3-7-11(10)8-4-5-9-12/h10-11H,2-9,12H2,1H3. The molecule has 1 aliphatic carbocycles. The maximum atomic E-state index is 5.48. The summed E-state index contributed by atoms with van der Waals surface area (Å²) in [5.41, 5.74) is 5.48. The van der Waals surface area contributed by atoms with E-state index in [1.807, 2.05) is 0 Å². The number of unbranched alkanes of at least 4 members (excludes halogenated alkanes) is 1. The van der Waals surface area contributed by atoms with Crippen molar-refractivity contribution < 1.29 is 0 Å². The van der Waals surface area contributed by atoms with E-state index in [0.717, 1.165) is 18.4 Å². The van der Waals surface area contributed by atoms with Gasteiger partial charge < -0.3 is 5.73 Å². The van der Waals surface area contributed by atoms with Gasteiger partial charge in [0.2, 0.25) is 0 Å². The molecule has 0 bridgehead atoms. The predicted octanol–water partition coefficient (Wildman–Crippen LogP) is 2.94. The van der Waals surface area contributed by atoms with Crippen molar-refractivity contribution in [3.63, 3.8) is 0 Å². The van der Waals surface area contributed by atoms with Crippen molar-refractivity contribution in [1.29, 1.82) is 0 Å². The molecular formula is C11H23N. The first kappa shape index (κ1) is 10.0. The predicted molar refractivity (Wildman–Crippen MR) is 54.0 cm³/mol. The maximum Gasteiger partial charge on any atom is -0.00773 e. The third-order valence-electron chi connectivity index (χ3n) is 3.32. The molecule has 0 heterocycles. The zero-order chi connectivity index (χ0) is 8.81. The van der Waals surface area contributed by atoms with E-state index in [-0.39, 0.29) is 0 Å². The molecule has 1 nitrogen and oxygen atoms in total. The van der Waals surface area contributed by atoms with E-state index in [0.29, 0.717) is 0 Å². The lowest BCUT2D eigenvalue weighted by Gasteiger charge is -2.28. The molecule has 2 unspecified atom stereocenters. The summed E-state index contributed by atoms with van der Waals surface area (Å²) in [6.45, 7) is 3.30. The summed E-state index contributed by atoms with van der Waals surface area (Å²) in [4.78, 5) is 0.